The Hall–Kier alpha value is 0.651. The fourth-order valence-corrected chi connectivity index (χ4v) is 14.7. The van der Waals surface area contributed by atoms with Crippen LogP contribution in [-0.2, 0) is 0 Å². The van der Waals surface area contributed by atoms with Gasteiger partial charge in [0.15, 0.2) is 0 Å². The Labute approximate surface area is 117 Å². The molecule has 0 aromatic carbocycles. The van der Waals surface area contributed by atoms with Crippen LogP contribution in [0.15, 0.2) is 0 Å². The van der Waals surface area contributed by atoms with E-state index >= 15 is 0 Å². The molecule has 17 heavy (non-hydrogen) atoms. The highest BCUT2D eigenvalue weighted by Gasteiger charge is 2.03. The molecular formula is C14H36Si3. The summed E-state index contributed by atoms with van der Waals surface area (Å²) in [5, 5.41) is 0. The van der Waals surface area contributed by atoms with Crippen molar-refractivity contribution >= 4 is 26.6 Å². The zero-order valence-corrected chi connectivity index (χ0v) is 17.3. The van der Waals surface area contributed by atoms with E-state index in [1.54, 1.807) is 47.5 Å². The maximum atomic E-state index is 2.32. The van der Waals surface area contributed by atoms with E-state index < -0.39 is 0 Å². The lowest BCUT2D eigenvalue weighted by Crippen LogP contribution is -2.22. The smallest absolute Gasteiger partial charge is 0.00905 e. The third kappa shape index (κ3) is 14.6. The first-order chi connectivity index (χ1) is 8.31. The molecule has 0 aromatic rings. The van der Waals surface area contributed by atoms with Crippen LogP contribution < -0.4 is 0 Å². The van der Waals surface area contributed by atoms with Crippen LogP contribution in [0.4, 0.5) is 0 Å². The van der Waals surface area contributed by atoms with Gasteiger partial charge in [0, 0.05) is 16.9 Å². The second kappa shape index (κ2) is 14.7. The van der Waals surface area contributed by atoms with Gasteiger partial charge in [0.25, 0.3) is 0 Å². The van der Waals surface area contributed by atoms with Crippen LogP contribution >= 0.6 is 0 Å². The fraction of sp³-hybridized carbons (Fsp3) is 1.00. The molecule has 0 fully saturated rings. The molecule has 1 unspecified atom stereocenters. The van der Waals surface area contributed by atoms with Gasteiger partial charge in [0.2, 0.25) is 0 Å². The van der Waals surface area contributed by atoms with Crippen molar-refractivity contribution in [2.24, 2.45) is 0 Å². The van der Waals surface area contributed by atoms with Crippen molar-refractivity contribution in [2.45, 2.75) is 90.1 Å². The first kappa shape index (κ1) is 17.7. The SMILES string of the molecule is CCCCCCC[SiH2][SiH]([SiH3])CCCCCCC. The van der Waals surface area contributed by atoms with Crippen LogP contribution in [0.5, 0.6) is 0 Å². The molecule has 0 aliphatic carbocycles. The molecule has 0 aliphatic rings. The third-order valence-electron chi connectivity index (χ3n) is 3.85. The Balaban J connectivity index is 3.09. The molecule has 3 heteroatoms. The number of rotatable bonds is 13. The summed E-state index contributed by atoms with van der Waals surface area (Å²) in [5.41, 5.74) is 0. The van der Waals surface area contributed by atoms with Gasteiger partial charge in [0.05, 0.1) is 0 Å². The van der Waals surface area contributed by atoms with E-state index in [4.69, 9.17) is 0 Å². The van der Waals surface area contributed by atoms with Crippen LogP contribution in [0.25, 0.3) is 0 Å². The van der Waals surface area contributed by atoms with Gasteiger partial charge >= 0.3 is 0 Å². The quantitative estimate of drug-likeness (QED) is 0.361. The van der Waals surface area contributed by atoms with Gasteiger partial charge in [-0.25, -0.2) is 0 Å². The Kier molecular flexibility index (Phi) is 15.3. The number of hydrogen-bond acceptors (Lipinski definition) is 0. The average Bonchev–Trinajstić information content (AvgIpc) is 2.33. The van der Waals surface area contributed by atoms with Gasteiger partial charge in [-0.1, -0.05) is 90.1 Å². The lowest BCUT2D eigenvalue weighted by atomic mass is 10.2. The molecule has 0 aliphatic heterocycles. The highest BCUT2D eigenvalue weighted by molar-refractivity contribution is 7.34. The predicted octanol–water partition coefficient (Wildman–Crippen LogP) is 3.10. The van der Waals surface area contributed by atoms with Gasteiger partial charge in [-0.3, -0.25) is 0 Å². The molecule has 0 heterocycles. The molecular weight excluding hydrogens is 252 g/mol. The minimum Gasteiger partial charge on any atom is -0.0654 e. The van der Waals surface area contributed by atoms with Gasteiger partial charge in [-0.15, -0.1) is 0 Å². The monoisotopic (exact) mass is 288 g/mol. The second-order valence-electron chi connectivity index (χ2n) is 5.86. The van der Waals surface area contributed by atoms with Gasteiger partial charge in [-0.05, 0) is 9.76 Å². The molecule has 0 saturated heterocycles. The average molecular weight is 289 g/mol. The third-order valence-corrected chi connectivity index (χ3v) is 19.5. The van der Waals surface area contributed by atoms with E-state index in [0.717, 1.165) is 0 Å². The molecule has 104 valence electrons. The minimum atomic E-state index is -0.0347. The lowest BCUT2D eigenvalue weighted by Gasteiger charge is -2.08. The van der Waals surface area contributed by atoms with Crippen molar-refractivity contribution in [3.63, 3.8) is 0 Å². The first-order valence-corrected chi connectivity index (χ1v) is 18.0. The summed E-state index contributed by atoms with van der Waals surface area (Å²) < 4.78 is 0. The molecule has 0 amide bonds. The molecule has 1 atom stereocenters. The summed E-state index contributed by atoms with van der Waals surface area (Å²) in [6.07, 6.45) is 15.0. The molecule has 0 N–H and O–H groups in total. The van der Waals surface area contributed by atoms with Gasteiger partial charge in [-0.2, -0.15) is 0 Å². The Morgan fingerprint density at radius 3 is 1.88 bits per heavy atom. The maximum absolute atomic E-state index is 2.32. The van der Waals surface area contributed by atoms with Crippen LogP contribution in [0.1, 0.15) is 78.1 Å². The summed E-state index contributed by atoms with van der Waals surface area (Å²) in [5.74, 6) is 0. The van der Waals surface area contributed by atoms with E-state index in [0.29, 0.717) is 9.04 Å². The second-order valence-corrected chi connectivity index (χ2v) is 25.6. The van der Waals surface area contributed by atoms with Crippen molar-refractivity contribution in [1.29, 1.82) is 0 Å². The van der Waals surface area contributed by atoms with Crippen LogP contribution in [0.3, 0.4) is 0 Å². The van der Waals surface area contributed by atoms with Gasteiger partial charge in [0.1, 0.15) is 0 Å². The van der Waals surface area contributed by atoms with Crippen LogP contribution in [0, 0.1) is 0 Å². The molecule has 0 nitrogen and oxygen atoms in total. The zero-order valence-electron chi connectivity index (χ0n) is 12.8. The normalized spacial score (nSPS) is 13.8. The summed E-state index contributed by atoms with van der Waals surface area (Å²) in [6.45, 7) is 4.63. The summed E-state index contributed by atoms with van der Waals surface area (Å²) >= 11 is 0. The first-order valence-electron chi connectivity index (χ1n) is 8.31. The summed E-state index contributed by atoms with van der Waals surface area (Å²) in [4.78, 5) is 0. The summed E-state index contributed by atoms with van der Waals surface area (Å²) in [7, 11) is 2.06. The van der Waals surface area contributed by atoms with Crippen molar-refractivity contribution in [1.82, 2.24) is 0 Å². The minimum absolute atomic E-state index is 0.0347. The topological polar surface area (TPSA) is 0 Å². The van der Waals surface area contributed by atoms with E-state index in [1.165, 1.54) is 38.5 Å². The van der Waals surface area contributed by atoms with Crippen molar-refractivity contribution in [2.75, 3.05) is 0 Å². The summed E-state index contributed by atoms with van der Waals surface area (Å²) in [6, 6.07) is 3.44. The van der Waals surface area contributed by atoms with E-state index in [9.17, 15) is 0 Å². The van der Waals surface area contributed by atoms with E-state index in [-0.39, 0.29) is 7.83 Å². The Bertz CT molecular complexity index is 139. The van der Waals surface area contributed by atoms with Crippen LogP contribution in [-0.4, -0.2) is 26.6 Å². The van der Waals surface area contributed by atoms with Crippen molar-refractivity contribution in [3.8, 4) is 0 Å². The molecule has 0 saturated carbocycles. The van der Waals surface area contributed by atoms with E-state index in [1.807, 2.05) is 0 Å². The predicted molar refractivity (Wildman–Crippen MR) is 92.8 cm³/mol. The van der Waals surface area contributed by atoms with Gasteiger partial charge < -0.3 is 0 Å². The molecule has 0 radical (unpaired) electrons. The lowest BCUT2D eigenvalue weighted by molar-refractivity contribution is 0.654. The Morgan fingerprint density at radius 2 is 1.29 bits per heavy atom. The maximum Gasteiger partial charge on any atom is 0.00905 e. The highest BCUT2D eigenvalue weighted by Crippen LogP contribution is 2.09. The number of unbranched alkanes of at least 4 members (excludes halogenated alkanes) is 8. The van der Waals surface area contributed by atoms with E-state index in [2.05, 4.69) is 13.8 Å². The standard InChI is InChI=1S/C14H36Si3/c1-3-5-7-9-11-13-16-17(15)14-12-10-8-6-4-2/h17H,3-14,16H2,1-2,15H3. The molecule has 0 bridgehead atoms. The largest absolute Gasteiger partial charge is 0.0654 e. The molecule has 0 rings (SSSR count). The highest BCUT2D eigenvalue weighted by atomic mass is 29.5. The zero-order chi connectivity index (χ0) is 12.8. The Morgan fingerprint density at radius 1 is 0.765 bits per heavy atom. The molecule has 0 spiro atoms. The fourth-order valence-electron chi connectivity index (χ4n) is 2.51. The van der Waals surface area contributed by atoms with Crippen molar-refractivity contribution < 1.29 is 0 Å². The number of hydrogen-bond donors (Lipinski definition) is 0. The van der Waals surface area contributed by atoms with Crippen molar-refractivity contribution in [3.05, 3.63) is 0 Å². The van der Waals surface area contributed by atoms with Crippen LogP contribution in [0.2, 0.25) is 12.1 Å². The molecule has 0 aromatic heterocycles.